The molecule has 0 fully saturated rings. The Balaban J connectivity index is 0.000000278. The van der Waals surface area contributed by atoms with Gasteiger partial charge in [-0.05, 0) is 123 Å². The minimum Gasteiger partial charge on any atom is -0.850 e. The van der Waals surface area contributed by atoms with Gasteiger partial charge in [0.1, 0.15) is 0 Å². The molecule has 0 radical (unpaired) electrons. The van der Waals surface area contributed by atoms with E-state index in [0.717, 1.165) is 15.4 Å². The summed E-state index contributed by atoms with van der Waals surface area (Å²) in [6.07, 6.45) is 17.2. The Hall–Kier alpha value is 1.13. The van der Waals surface area contributed by atoms with E-state index in [-0.39, 0.29) is 56.8 Å². The molecule has 0 aliphatic heterocycles. The van der Waals surface area contributed by atoms with Crippen molar-refractivity contribution in [3.05, 3.63) is 113 Å². The van der Waals surface area contributed by atoms with E-state index in [1.54, 1.807) is 20.8 Å². The van der Waals surface area contributed by atoms with Crippen molar-refractivity contribution in [2.75, 3.05) is 4.43 Å². The van der Waals surface area contributed by atoms with Crippen molar-refractivity contribution in [3.8, 4) is 22.3 Å². The number of benzene rings is 4. The first kappa shape index (κ1) is 50.3. The van der Waals surface area contributed by atoms with Crippen molar-refractivity contribution in [3.63, 3.8) is 0 Å². The maximum Gasteiger partial charge on any atom is 1.00 e. The first-order valence-electron chi connectivity index (χ1n) is 19.2. The minimum atomic E-state index is -0.750. The maximum absolute atomic E-state index is 10.1. The number of halogens is 5. The van der Waals surface area contributed by atoms with E-state index < -0.39 is 5.60 Å². The van der Waals surface area contributed by atoms with Crippen molar-refractivity contribution < 1.29 is 56.5 Å². The molecule has 2 aliphatic rings. The van der Waals surface area contributed by atoms with Crippen LogP contribution in [0.3, 0.4) is 0 Å². The molecule has 1 nitrogen and oxygen atoms in total. The molecule has 284 valence electrons. The summed E-state index contributed by atoms with van der Waals surface area (Å²) in [7, 11) is 0. The summed E-state index contributed by atoms with van der Waals surface area (Å²) in [6, 6.07) is 26.7. The summed E-state index contributed by atoms with van der Waals surface area (Å²) in [5.74, 6) is 0. The molecule has 0 aromatic heterocycles. The first-order chi connectivity index (χ1) is 24.8. The Kier molecular flexibility index (Phi) is 24.3. The van der Waals surface area contributed by atoms with Crippen LogP contribution in [0.25, 0.3) is 22.3 Å². The fourth-order valence-electron chi connectivity index (χ4n) is 7.08. The van der Waals surface area contributed by atoms with E-state index in [0.29, 0.717) is 0 Å². The monoisotopic (exact) mass is 1110 g/mol. The van der Waals surface area contributed by atoms with Gasteiger partial charge in [0, 0.05) is 23.3 Å². The molecule has 0 bridgehead atoms. The second kappa shape index (κ2) is 25.6. The number of hydrogen-bond donors (Lipinski definition) is 0. The van der Waals surface area contributed by atoms with E-state index in [1.165, 1.54) is 135 Å². The van der Waals surface area contributed by atoms with E-state index >= 15 is 0 Å². The number of unbranched alkanes of at least 4 members (excludes halogenated alkanes) is 7. The van der Waals surface area contributed by atoms with Gasteiger partial charge in [0.15, 0.2) is 0 Å². The van der Waals surface area contributed by atoms with Crippen LogP contribution >= 0.6 is 86.3 Å². The summed E-state index contributed by atoms with van der Waals surface area (Å²) in [5.41, 5.74) is 10.9. The van der Waals surface area contributed by atoms with Crippen LogP contribution in [0.4, 0.5) is 0 Å². The zero-order valence-corrected chi connectivity index (χ0v) is 44.8. The molecule has 0 amide bonds. The van der Waals surface area contributed by atoms with Crippen molar-refractivity contribution in [2.24, 2.45) is 0 Å². The Morgan fingerprint density at radius 2 is 0.887 bits per heavy atom. The molecule has 2 aliphatic carbocycles. The van der Waals surface area contributed by atoms with Crippen LogP contribution < -0.4 is 56.5 Å². The zero-order valence-electron chi connectivity index (χ0n) is 33.1. The molecule has 7 heteroatoms. The largest absolute Gasteiger partial charge is 1.00 e. The fraction of sp³-hybridized carbons (Fsp3) is 0.478. The molecule has 0 spiro atoms. The van der Waals surface area contributed by atoms with E-state index in [9.17, 15) is 5.11 Å². The van der Waals surface area contributed by atoms with Crippen molar-refractivity contribution in [2.45, 2.75) is 136 Å². The van der Waals surface area contributed by atoms with Gasteiger partial charge in [-0.2, -0.15) is 0 Å². The number of alkyl halides is 1. The average Bonchev–Trinajstić information content (AvgIpc) is 3.57. The van der Waals surface area contributed by atoms with Gasteiger partial charge in [-0.15, -0.1) is 5.60 Å². The molecule has 4 aromatic rings. The van der Waals surface area contributed by atoms with Crippen molar-refractivity contribution in [1.29, 1.82) is 0 Å². The molecular weight excluding hydrogens is 1050 g/mol. The molecular formula is C46H58Br4IKO. The Labute approximate surface area is 412 Å². The summed E-state index contributed by atoms with van der Waals surface area (Å²) >= 11 is 16.9. The van der Waals surface area contributed by atoms with Crippen LogP contribution in [-0.2, 0) is 11.8 Å². The van der Waals surface area contributed by atoms with Gasteiger partial charge in [-0.25, -0.2) is 0 Å². The summed E-state index contributed by atoms with van der Waals surface area (Å²) in [5, 5.41) is 10.1. The maximum atomic E-state index is 10.1. The smallest absolute Gasteiger partial charge is 0.850 e. The minimum absolute atomic E-state index is 0. The number of fused-ring (bicyclic) bond motifs is 6. The van der Waals surface area contributed by atoms with Crippen molar-refractivity contribution >= 4 is 86.3 Å². The van der Waals surface area contributed by atoms with Crippen LogP contribution in [0.2, 0.25) is 0 Å². The molecule has 0 unspecified atom stereocenters. The summed E-state index contributed by atoms with van der Waals surface area (Å²) in [4.78, 5) is 0. The average molecular weight is 1110 g/mol. The molecule has 0 saturated carbocycles. The van der Waals surface area contributed by atoms with Crippen molar-refractivity contribution in [1.82, 2.24) is 0 Å². The fourth-order valence-corrected chi connectivity index (χ4v) is 9.16. The standard InChI is InChI=1S/C21H24Br2.C13H8Br2.C8H17I.C4H9O.K/c1-3-5-11-21(12-6-4-2)19-13-15(22)7-9-17(19)18-10-8-16(23)14-20(18)21;14-10-1-3-12-8(6-10)5-9-7-11(15)2-4-13(9)12;1-2-3-4-5-6-7-8-9;1-4(2,3)5;/h7-10,13-14H,3-6,11-12H2,1-2H3;1-4,6-7H,5H2;2-8H2,1H3;1-3H3;/q;;;-1;+1. The van der Waals surface area contributed by atoms with Gasteiger partial charge in [0.2, 0.25) is 0 Å². The molecule has 0 heterocycles. The predicted octanol–water partition coefficient (Wildman–Crippen LogP) is 13.6. The van der Waals surface area contributed by atoms with Gasteiger partial charge in [0.25, 0.3) is 0 Å². The Morgan fingerprint density at radius 1 is 0.547 bits per heavy atom. The summed E-state index contributed by atoms with van der Waals surface area (Å²) < 4.78 is 6.05. The quantitative estimate of drug-likeness (QED) is 0.0528. The third kappa shape index (κ3) is 16.0. The molecule has 0 N–H and O–H groups in total. The van der Waals surface area contributed by atoms with Gasteiger partial charge >= 0.3 is 51.4 Å². The van der Waals surface area contributed by atoms with Crippen LogP contribution in [0.1, 0.15) is 141 Å². The van der Waals surface area contributed by atoms with Crippen LogP contribution in [0, 0.1) is 0 Å². The number of hydrogen-bond acceptors (Lipinski definition) is 1. The molecule has 53 heavy (non-hydrogen) atoms. The Morgan fingerprint density at radius 3 is 1.26 bits per heavy atom. The van der Waals surface area contributed by atoms with Gasteiger partial charge in [-0.3, -0.25) is 0 Å². The van der Waals surface area contributed by atoms with Gasteiger partial charge in [-0.1, -0.05) is 210 Å². The van der Waals surface area contributed by atoms with Gasteiger partial charge in [0.05, 0.1) is 0 Å². The third-order valence-electron chi connectivity index (χ3n) is 9.49. The number of rotatable bonds is 12. The van der Waals surface area contributed by atoms with E-state index in [1.807, 2.05) is 0 Å². The SMILES string of the molecule is Brc1ccc2c(c1)Cc1cc(Br)ccc1-2.CC(C)(C)[O-].CCCCC1(CCCC)c2cc(Br)ccc2-c2ccc(Br)cc21.CCCCCCCCI.[K+]. The molecule has 6 rings (SSSR count). The first-order valence-corrected chi connectivity index (χ1v) is 23.9. The van der Waals surface area contributed by atoms with Gasteiger partial charge < -0.3 is 5.11 Å². The van der Waals surface area contributed by atoms with Crippen LogP contribution in [-0.4, -0.2) is 10.0 Å². The third-order valence-corrected chi connectivity index (χ3v) is 12.2. The molecule has 0 atom stereocenters. The molecule has 4 aromatic carbocycles. The Bertz CT molecular complexity index is 1580. The summed E-state index contributed by atoms with van der Waals surface area (Å²) in [6.45, 7) is 11.8. The normalized spacial score (nSPS) is 12.7. The van der Waals surface area contributed by atoms with Crippen LogP contribution in [0.5, 0.6) is 0 Å². The van der Waals surface area contributed by atoms with Crippen LogP contribution in [0.15, 0.2) is 90.7 Å². The second-order valence-electron chi connectivity index (χ2n) is 15.0. The molecule has 0 saturated heterocycles. The zero-order chi connectivity index (χ0) is 38.3. The topological polar surface area (TPSA) is 23.1 Å². The second-order valence-corrected chi connectivity index (χ2v) is 19.8. The van der Waals surface area contributed by atoms with E-state index in [2.05, 4.69) is 180 Å². The predicted molar refractivity (Wildman–Crippen MR) is 249 cm³/mol. The van der Waals surface area contributed by atoms with E-state index in [4.69, 9.17) is 0 Å².